The molecule has 0 aromatic heterocycles. The van der Waals surface area contributed by atoms with Crippen molar-refractivity contribution >= 4 is 12.4 Å². The van der Waals surface area contributed by atoms with Gasteiger partial charge in [0.1, 0.15) is 0 Å². The van der Waals surface area contributed by atoms with E-state index in [9.17, 15) is 9.18 Å². The van der Waals surface area contributed by atoms with Crippen LogP contribution in [0.25, 0.3) is 0 Å². The fourth-order valence-electron chi connectivity index (χ4n) is 1.85. The number of carbonyl (C=O) groups excluding carboxylic acids is 1. The molecule has 1 aliphatic heterocycles. The number of nitrogens with zero attached hydrogens (tertiary/aromatic N) is 1. The minimum Gasteiger partial charge on any atom is -0.494 e. The number of esters is 1. The summed E-state index contributed by atoms with van der Waals surface area (Å²) in [5.41, 5.74) is 0.508. The zero-order valence-corrected chi connectivity index (χ0v) is 10.6. The van der Waals surface area contributed by atoms with Gasteiger partial charge in [0.25, 0.3) is 0 Å². The molecular weight excluding hydrogens is 253 g/mol. The minimum absolute atomic E-state index is 0.135. The molecule has 5 nitrogen and oxygen atoms in total. The Labute approximate surface area is 110 Å². The third kappa shape index (κ3) is 2.67. The average Bonchev–Trinajstić information content (AvgIpc) is 2.88. The van der Waals surface area contributed by atoms with E-state index in [1.165, 1.54) is 25.6 Å². The van der Waals surface area contributed by atoms with E-state index in [4.69, 9.17) is 14.2 Å². The highest BCUT2D eigenvalue weighted by Crippen LogP contribution is 2.30. The molecule has 2 rings (SSSR count). The van der Waals surface area contributed by atoms with Gasteiger partial charge in [-0.05, 0) is 24.6 Å². The van der Waals surface area contributed by atoms with Gasteiger partial charge in [0.15, 0.2) is 30.1 Å². The molecule has 2 atom stereocenters. The Kier molecular flexibility index (Phi) is 3.99. The van der Waals surface area contributed by atoms with Crippen LogP contribution in [0.5, 0.6) is 5.75 Å². The number of hydrogen-bond acceptors (Lipinski definition) is 5. The molecule has 0 N–H and O–H groups in total. The molecule has 0 bridgehead atoms. The second kappa shape index (κ2) is 5.69. The van der Waals surface area contributed by atoms with Crippen molar-refractivity contribution in [3.8, 4) is 5.75 Å². The lowest BCUT2D eigenvalue weighted by Gasteiger charge is -2.16. The fraction of sp³-hybridized carbons (Fsp3) is 0.385. The molecular formula is C13H14FNO4. The maximum absolute atomic E-state index is 13.6. The highest BCUT2D eigenvalue weighted by atomic mass is 19.1. The van der Waals surface area contributed by atoms with Gasteiger partial charge in [0.2, 0.25) is 0 Å². The van der Waals surface area contributed by atoms with Crippen LogP contribution in [0.2, 0.25) is 0 Å². The van der Waals surface area contributed by atoms with Crippen molar-refractivity contribution in [2.45, 2.75) is 19.1 Å². The molecule has 0 fully saturated rings. The molecule has 0 saturated carbocycles. The summed E-state index contributed by atoms with van der Waals surface area (Å²) in [5, 5.41) is 0. The number of halogens is 1. The van der Waals surface area contributed by atoms with Gasteiger partial charge in [0.05, 0.1) is 13.7 Å². The Morgan fingerprint density at radius 2 is 2.32 bits per heavy atom. The highest BCUT2D eigenvalue weighted by Gasteiger charge is 2.35. The van der Waals surface area contributed by atoms with Crippen molar-refractivity contribution in [1.29, 1.82) is 0 Å². The van der Waals surface area contributed by atoms with Gasteiger partial charge < -0.3 is 14.2 Å². The number of benzene rings is 1. The van der Waals surface area contributed by atoms with E-state index in [0.29, 0.717) is 5.56 Å². The minimum atomic E-state index is -0.798. The summed E-state index contributed by atoms with van der Waals surface area (Å²) in [6.07, 6.45) is 0.522. The molecule has 1 aliphatic rings. The number of rotatable bonds is 4. The zero-order valence-electron chi connectivity index (χ0n) is 10.6. The molecule has 1 aromatic carbocycles. The van der Waals surface area contributed by atoms with Crippen molar-refractivity contribution in [3.63, 3.8) is 0 Å². The number of hydrogen-bond donors (Lipinski definition) is 0. The Bertz CT molecular complexity index is 503. The lowest BCUT2D eigenvalue weighted by Crippen LogP contribution is -2.26. The summed E-state index contributed by atoms with van der Waals surface area (Å²) < 4.78 is 28.6. The van der Waals surface area contributed by atoms with Crippen molar-refractivity contribution in [2.24, 2.45) is 4.99 Å². The molecule has 1 heterocycles. The highest BCUT2D eigenvalue weighted by molar-refractivity contribution is 5.80. The van der Waals surface area contributed by atoms with E-state index in [1.54, 1.807) is 13.0 Å². The maximum atomic E-state index is 13.6. The van der Waals surface area contributed by atoms with Gasteiger partial charge in [-0.2, -0.15) is 0 Å². The molecule has 102 valence electrons. The maximum Gasteiger partial charge on any atom is 0.335 e. The van der Waals surface area contributed by atoms with E-state index < -0.39 is 23.9 Å². The van der Waals surface area contributed by atoms with Crippen LogP contribution in [0.3, 0.4) is 0 Å². The summed E-state index contributed by atoms with van der Waals surface area (Å²) in [6.45, 7) is 1.97. The van der Waals surface area contributed by atoms with Crippen molar-refractivity contribution in [2.75, 3.05) is 13.7 Å². The van der Waals surface area contributed by atoms with Crippen LogP contribution >= 0.6 is 0 Å². The summed E-state index contributed by atoms with van der Waals surface area (Å²) in [4.78, 5) is 15.6. The van der Waals surface area contributed by atoms with Crippen LogP contribution in [0.15, 0.2) is 23.2 Å². The van der Waals surface area contributed by atoms with Gasteiger partial charge >= 0.3 is 5.97 Å². The summed E-state index contributed by atoms with van der Waals surface area (Å²) in [6, 6.07) is 3.58. The second-order valence-corrected chi connectivity index (χ2v) is 3.90. The van der Waals surface area contributed by atoms with E-state index in [1.807, 2.05) is 0 Å². The van der Waals surface area contributed by atoms with E-state index in [-0.39, 0.29) is 12.4 Å². The van der Waals surface area contributed by atoms with E-state index >= 15 is 0 Å². The SMILES string of the molecule is CCOC(=O)C1N=COC1c1ccc(OC)c(F)c1. The molecule has 1 aromatic rings. The Morgan fingerprint density at radius 3 is 2.95 bits per heavy atom. The Morgan fingerprint density at radius 1 is 1.53 bits per heavy atom. The predicted octanol–water partition coefficient (Wildman–Crippen LogP) is 1.87. The van der Waals surface area contributed by atoms with Crippen LogP contribution in [-0.2, 0) is 14.3 Å². The first-order valence-corrected chi connectivity index (χ1v) is 5.84. The molecule has 2 unspecified atom stereocenters. The standard InChI is InChI=1S/C13H14FNO4/c1-3-18-13(16)11-12(19-7-15-11)8-4-5-10(17-2)9(14)6-8/h4-7,11-12H,3H2,1-2H3. The largest absolute Gasteiger partial charge is 0.494 e. The molecule has 0 radical (unpaired) electrons. The smallest absolute Gasteiger partial charge is 0.335 e. The molecule has 0 spiro atoms. The van der Waals surface area contributed by atoms with E-state index in [2.05, 4.69) is 4.99 Å². The summed E-state index contributed by atoms with van der Waals surface area (Å²) in [5.74, 6) is -0.870. The normalized spacial score (nSPS) is 21.0. The van der Waals surface area contributed by atoms with Crippen LogP contribution in [0.4, 0.5) is 4.39 Å². The molecule has 0 saturated heterocycles. The van der Waals surface area contributed by atoms with Gasteiger partial charge in [-0.1, -0.05) is 6.07 Å². The molecule has 19 heavy (non-hydrogen) atoms. The van der Waals surface area contributed by atoms with Crippen LogP contribution in [0, 0.1) is 5.82 Å². The third-order valence-electron chi connectivity index (χ3n) is 2.75. The first kappa shape index (κ1) is 13.3. The molecule has 0 amide bonds. The first-order chi connectivity index (χ1) is 9.17. The van der Waals surface area contributed by atoms with Crippen LogP contribution < -0.4 is 4.74 Å². The van der Waals surface area contributed by atoms with E-state index in [0.717, 1.165) is 0 Å². The third-order valence-corrected chi connectivity index (χ3v) is 2.75. The number of aliphatic imine (C=N–C) groups is 1. The monoisotopic (exact) mass is 267 g/mol. The fourth-order valence-corrected chi connectivity index (χ4v) is 1.85. The quantitative estimate of drug-likeness (QED) is 0.781. The summed E-state index contributed by atoms with van der Waals surface area (Å²) >= 11 is 0. The first-order valence-electron chi connectivity index (χ1n) is 5.84. The molecule has 6 heteroatoms. The van der Waals surface area contributed by atoms with Crippen molar-refractivity contribution < 1.29 is 23.4 Å². The van der Waals surface area contributed by atoms with Crippen molar-refractivity contribution in [3.05, 3.63) is 29.6 Å². The number of ether oxygens (including phenoxy) is 3. The summed E-state index contributed by atoms with van der Waals surface area (Å²) in [7, 11) is 1.38. The lowest BCUT2D eigenvalue weighted by atomic mass is 10.0. The zero-order chi connectivity index (χ0) is 13.8. The lowest BCUT2D eigenvalue weighted by molar-refractivity contribution is -0.146. The van der Waals surface area contributed by atoms with Gasteiger partial charge in [-0.25, -0.2) is 14.2 Å². The Hall–Kier alpha value is -2.11. The van der Waals surface area contributed by atoms with Gasteiger partial charge in [-0.3, -0.25) is 0 Å². The van der Waals surface area contributed by atoms with Gasteiger partial charge in [0, 0.05) is 0 Å². The van der Waals surface area contributed by atoms with Crippen LogP contribution in [-0.4, -0.2) is 32.1 Å². The van der Waals surface area contributed by atoms with Gasteiger partial charge in [-0.15, -0.1) is 0 Å². The topological polar surface area (TPSA) is 57.1 Å². The second-order valence-electron chi connectivity index (χ2n) is 3.90. The number of carbonyl (C=O) groups is 1. The molecule has 0 aliphatic carbocycles. The van der Waals surface area contributed by atoms with Crippen LogP contribution in [0.1, 0.15) is 18.6 Å². The Balaban J connectivity index is 2.21. The number of methoxy groups -OCH3 is 1. The van der Waals surface area contributed by atoms with Crippen molar-refractivity contribution in [1.82, 2.24) is 0 Å². The predicted molar refractivity (Wildman–Crippen MR) is 65.7 cm³/mol. The average molecular weight is 267 g/mol.